The SMILES string of the molecule is Cc1ccnc(C2CCN(C(=O)c3cc(-c4cccnc4)n[nH]3)C2)n1. The average Bonchev–Trinajstić information content (AvgIpc) is 3.32. The number of amides is 1. The highest BCUT2D eigenvalue weighted by molar-refractivity contribution is 5.93. The molecule has 126 valence electrons. The fourth-order valence-electron chi connectivity index (χ4n) is 3.08. The van der Waals surface area contributed by atoms with Gasteiger partial charge in [0.25, 0.3) is 5.91 Å². The number of aromatic amines is 1. The number of H-pyrrole nitrogens is 1. The van der Waals surface area contributed by atoms with Crippen LogP contribution < -0.4 is 0 Å². The number of carbonyl (C=O) groups excluding carboxylic acids is 1. The van der Waals surface area contributed by atoms with Gasteiger partial charge in [0, 0.05) is 48.9 Å². The lowest BCUT2D eigenvalue weighted by Crippen LogP contribution is -2.29. The number of aromatic nitrogens is 5. The van der Waals surface area contributed by atoms with Crippen LogP contribution in [-0.2, 0) is 0 Å². The first-order chi connectivity index (χ1) is 12.2. The summed E-state index contributed by atoms with van der Waals surface area (Å²) in [4.78, 5) is 27.5. The van der Waals surface area contributed by atoms with Crippen molar-refractivity contribution in [3.05, 3.63) is 60.1 Å². The Bertz CT molecular complexity index is 891. The Labute approximate surface area is 145 Å². The minimum atomic E-state index is -0.0437. The average molecular weight is 334 g/mol. The highest BCUT2D eigenvalue weighted by Gasteiger charge is 2.30. The minimum absolute atomic E-state index is 0.0437. The van der Waals surface area contributed by atoms with Crippen molar-refractivity contribution in [3.8, 4) is 11.3 Å². The molecule has 7 heteroatoms. The summed E-state index contributed by atoms with van der Waals surface area (Å²) in [5.74, 6) is 0.957. The zero-order valence-electron chi connectivity index (χ0n) is 13.9. The summed E-state index contributed by atoms with van der Waals surface area (Å²) in [7, 11) is 0. The summed E-state index contributed by atoms with van der Waals surface area (Å²) in [6.07, 6.45) is 6.08. The van der Waals surface area contributed by atoms with Crippen LogP contribution in [0.25, 0.3) is 11.3 Å². The molecule has 1 saturated heterocycles. The quantitative estimate of drug-likeness (QED) is 0.793. The summed E-state index contributed by atoms with van der Waals surface area (Å²) in [5.41, 5.74) is 3.04. The van der Waals surface area contributed by atoms with Crippen molar-refractivity contribution in [1.82, 2.24) is 30.0 Å². The van der Waals surface area contributed by atoms with Crippen molar-refractivity contribution in [2.75, 3.05) is 13.1 Å². The molecule has 1 N–H and O–H groups in total. The molecule has 1 aliphatic heterocycles. The fourth-order valence-corrected chi connectivity index (χ4v) is 3.08. The normalized spacial score (nSPS) is 17.0. The van der Waals surface area contributed by atoms with E-state index in [2.05, 4.69) is 25.1 Å². The third-order valence-corrected chi connectivity index (χ3v) is 4.42. The first-order valence-corrected chi connectivity index (χ1v) is 8.25. The number of aryl methyl sites for hydroxylation is 1. The van der Waals surface area contributed by atoms with E-state index >= 15 is 0 Å². The van der Waals surface area contributed by atoms with Crippen molar-refractivity contribution in [3.63, 3.8) is 0 Å². The summed E-state index contributed by atoms with van der Waals surface area (Å²) in [6, 6.07) is 7.42. The molecule has 0 radical (unpaired) electrons. The fraction of sp³-hybridized carbons (Fsp3) is 0.278. The Morgan fingerprint density at radius 1 is 1.32 bits per heavy atom. The van der Waals surface area contributed by atoms with Gasteiger partial charge in [0.2, 0.25) is 0 Å². The van der Waals surface area contributed by atoms with E-state index in [4.69, 9.17) is 0 Å². The molecule has 1 aliphatic rings. The Kier molecular flexibility index (Phi) is 3.97. The highest BCUT2D eigenvalue weighted by Crippen LogP contribution is 2.26. The molecule has 7 nitrogen and oxygen atoms in total. The Balaban J connectivity index is 1.48. The third-order valence-electron chi connectivity index (χ3n) is 4.42. The maximum Gasteiger partial charge on any atom is 0.271 e. The van der Waals surface area contributed by atoms with E-state index in [1.54, 1.807) is 24.7 Å². The van der Waals surface area contributed by atoms with Gasteiger partial charge >= 0.3 is 0 Å². The third kappa shape index (κ3) is 3.13. The predicted octanol–water partition coefficient (Wildman–Crippen LogP) is 2.20. The molecule has 4 heterocycles. The van der Waals surface area contributed by atoms with Gasteiger partial charge in [-0.2, -0.15) is 5.10 Å². The van der Waals surface area contributed by atoms with Gasteiger partial charge in [0.1, 0.15) is 11.5 Å². The van der Waals surface area contributed by atoms with Crippen molar-refractivity contribution in [1.29, 1.82) is 0 Å². The molecular formula is C18H18N6O. The minimum Gasteiger partial charge on any atom is -0.337 e. The lowest BCUT2D eigenvalue weighted by molar-refractivity contribution is 0.0784. The second kappa shape index (κ2) is 6.43. The van der Waals surface area contributed by atoms with Crippen molar-refractivity contribution < 1.29 is 4.79 Å². The molecule has 4 rings (SSSR count). The van der Waals surface area contributed by atoms with Gasteiger partial charge in [-0.15, -0.1) is 0 Å². The van der Waals surface area contributed by atoms with Gasteiger partial charge in [0.05, 0.1) is 5.69 Å². The van der Waals surface area contributed by atoms with Crippen LogP contribution in [0.5, 0.6) is 0 Å². The molecule has 1 amide bonds. The molecule has 0 aromatic carbocycles. The van der Waals surface area contributed by atoms with Crippen LogP contribution in [0.3, 0.4) is 0 Å². The summed E-state index contributed by atoms with van der Waals surface area (Å²) < 4.78 is 0. The molecule has 25 heavy (non-hydrogen) atoms. The van der Waals surface area contributed by atoms with E-state index < -0.39 is 0 Å². The monoisotopic (exact) mass is 334 g/mol. The van der Waals surface area contributed by atoms with E-state index in [9.17, 15) is 4.79 Å². The van der Waals surface area contributed by atoms with Crippen LogP contribution in [0, 0.1) is 6.92 Å². The summed E-state index contributed by atoms with van der Waals surface area (Å²) >= 11 is 0. The standard InChI is InChI=1S/C18H18N6O/c1-12-4-7-20-17(21-12)14-5-8-24(11-14)18(25)16-9-15(22-23-16)13-3-2-6-19-10-13/h2-4,6-7,9-10,14H,5,8,11H2,1H3,(H,22,23). The predicted molar refractivity (Wildman–Crippen MR) is 91.8 cm³/mol. The number of nitrogens with zero attached hydrogens (tertiary/aromatic N) is 5. The van der Waals surface area contributed by atoms with E-state index in [1.807, 2.05) is 30.0 Å². The zero-order chi connectivity index (χ0) is 17.2. The Morgan fingerprint density at radius 3 is 3.04 bits per heavy atom. The number of hydrogen-bond donors (Lipinski definition) is 1. The van der Waals surface area contributed by atoms with Crippen LogP contribution in [0.15, 0.2) is 42.9 Å². The molecule has 0 bridgehead atoms. The molecular weight excluding hydrogens is 316 g/mol. The highest BCUT2D eigenvalue weighted by atomic mass is 16.2. The van der Waals surface area contributed by atoms with E-state index in [0.29, 0.717) is 24.5 Å². The van der Waals surface area contributed by atoms with Crippen molar-refractivity contribution in [2.24, 2.45) is 0 Å². The molecule has 3 aromatic rings. The van der Waals surface area contributed by atoms with Crippen molar-refractivity contribution in [2.45, 2.75) is 19.3 Å². The summed E-state index contributed by atoms with van der Waals surface area (Å²) in [6.45, 7) is 3.28. The maximum absolute atomic E-state index is 12.7. The molecule has 0 spiro atoms. The molecule has 1 atom stereocenters. The first kappa shape index (κ1) is 15.4. The molecule has 0 aliphatic carbocycles. The topological polar surface area (TPSA) is 87.7 Å². The number of pyridine rings is 1. The maximum atomic E-state index is 12.7. The van der Waals surface area contributed by atoms with Crippen molar-refractivity contribution >= 4 is 5.91 Å². The van der Waals surface area contributed by atoms with Crippen LogP contribution in [0.4, 0.5) is 0 Å². The number of hydrogen-bond acceptors (Lipinski definition) is 5. The van der Waals surface area contributed by atoms with Gasteiger partial charge in [0.15, 0.2) is 0 Å². The van der Waals surface area contributed by atoms with Crippen LogP contribution in [-0.4, -0.2) is 49.0 Å². The number of carbonyl (C=O) groups is 1. The lowest BCUT2D eigenvalue weighted by Gasteiger charge is -2.15. The van der Waals surface area contributed by atoms with Gasteiger partial charge in [-0.1, -0.05) is 0 Å². The summed E-state index contributed by atoms with van der Waals surface area (Å²) in [5, 5.41) is 7.07. The number of likely N-dealkylation sites (tertiary alicyclic amines) is 1. The van der Waals surface area contributed by atoms with Gasteiger partial charge in [-0.05, 0) is 37.6 Å². The van der Waals surface area contributed by atoms with Crippen LogP contribution in [0.2, 0.25) is 0 Å². The second-order valence-corrected chi connectivity index (χ2v) is 6.20. The number of nitrogens with one attached hydrogen (secondary N) is 1. The van der Waals surface area contributed by atoms with Crippen LogP contribution in [0.1, 0.15) is 34.3 Å². The molecule has 1 unspecified atom stereocenters. The van der Waals surface area contributed by atoms with Gasteiger partial charge < -0.3 is 4.90 Å². The first-order valence-electron chi connectivity index (χ1n) is 8.25. The number of rotatable bonds is 3. The van der Waals surface area contributed by atoms with Crippen LogP contribution >= 0.6 is 0 Å². The zero-order valence-corrected chi connectivity index (χ0v) is 13.9. The lowest BCUT2D eigenvalue weighted by atomic mass is 10.1. The Hall–Kier alpha value is -3.09. The Morgan fingerprint density at radius 2 is 2.24 bits per heavy atom. The molecule has 1 fully saturated rings. The second-order valence-electron chi connectivity index (χ2n) is 6.20. The molecule has 0 saturated carbocycles. The molecule has 3 aromatic heterocycles. The smallest absolute Gasteiger partial charge is 0.271 e. The van der Waals surface area contributed by atoms with E-state index in [-0.39, 0.29) is 11.8 Å². The van der Waals surface area contributed by atoms with Gasteiger partial charge in [-0.3, -0.25) is 14.9 Å². The van der Waals surface area contributed by atoms with Gasteiger partial charge in [-0.25, -0.2) is 9.97 Å². The largest absolute Gasteiger partial charge is 0.337 e. The van der Waals surface area contributed by atoms with E-state index in [0.717, 1.165) is 23.5 Å². The van der Waals surface area contributed by atoms with E-state index in [1.165, 1.54) is 0 Å².